The van der Waals surface area contributed by atoms with Gasteiger partial charge in [-0.1, -0.05) is 6.92 Å². The number of nitrogens with zero attached hydrogens (tertiary/aromatic N) is 1. The van der Waals surface area contributed by atoms with Crippen LogP contribution in [0.4, 0.5) is 10.1 Å². The molecule has 1 saturated carbocycles. The number of ketones is 1. The number of aliphatic hydroxyl groups is 1. The van der Waals surface area contributed by atoms with Gasteiger partial charge in [-0.25, -0.2) is 4.39 Å². The molecule has 25 heavy (non-hydrogen) atoms. The van der Waals surface area contributed by atoms with E-state index in [1.165, 1.54) is 6.20 Å². The lowest BCUT2D eigenvalue weighted by atomic mass is 9.99. The zero-order valence-electron chi connectivity index (χ0n) is 14.7. The molecule has 2 aromatic rings. The van der Waals surface area contributed by atoms with Gasteiger partial charge in [-0.05, 0) is 43.7 Å². The Bertz CT molecular complexity index is 774. The van der Waals surface area contributed by atoms with E-state index < -0.39 is 12.2 Å². The van der Waals surface area contributed by atoms with Gasteiger partial charge in [0.2, 0.25) is 0 Å². The second-order valence-corrected chi connectivity index (χ2v) is 6.94. The normalized spacial score (nSPS) is 26.0. The maximum atomic E-state index is 14.5. The van der Waals surface area contributed by atoms with E-state index >= 15 is 0 Å². The van der Waals surface area contributed by atoms with Crippen molar-refractivity contribution in [1.29, 1.82) is 0 Å². The highest BCUT2D eigenvalue weighted by atomic mass is 19.1. The van der Waals surface area contributed by atoms with Crippen molar-refractivity contribution in [2.75, 3.05) is 11.9 Å². The van der Waals surface area contributed by atoms with Crippen molar-refractivity contribution in [1.82, 2.24) is 9.97 Å². The number of aryl methyl sites for hydroxylation is 1. The van der Waals surface area contributed by atoms with Crippen LogP contribution in [0.25, 0.3) is 0 Å². The van der Waals surface area contributed by atoms with Gasteiger partial charge < -0.3 is 15.4 Å². The van der Waals surface area contributed by atoms with Crippen molar-refractivity contribution in [3.05, 3.63) is 47.0 Å². The fraction of sp³-hybridized carbons (Fsp3) is 0.474. The highest BCUT2D eigenvalue weighted by Crippen LogP contribution is 2.36. The summed E-state index contributed by atoms with van der Waals surface area (Å²) in [4.78, 5) is 20.0. The van der Waals surface area contributed by atoms with Gasteiger partial charge in [0.05, 0.1) is 11.6 Å². The molecule has 3 N–H and O–H groups in total. The number of pyridine rings is 1. The van der Waals surface area contributed by atoms with E-state index in [2.05, 4.69) is 15.3 Å². The zero-order valence-corrected chi connectivity index (χ0v) is 14.7. The molecular formula is C19H24FN3O2. The van der Waals surface area contributed by atoms with Crippen LogP contribution in [-0.4, -0.2) is 39.7 Å². The Morgan fingerprint density at radius 2 is 2.20 bits per heavy atom. The molecule has 6 heteroatoms. The number of aromatic amines is 1. The minimum absolute atomic E-state index is 0.0241. The molecule has 0 aliphatic heterocycles. The zero-order chi connectivity index (χ0) is 18.1. The highest BCUT2D eigenvalue weighted by molar-refractivity contribution is 6.13. The number of aromatic nitrogens is 2. The second-order valence-electron chi connectivity index (χ2n) is 6.94. The average molecular weight is 345 g/mol. The van der Waals surface area contributed by atoms with E-state index in [0.29, 0.717) is 23.2 Å². The van der Waals surface area contributed by atoms with E-state index in [1.54, 1.807) is 18.5 Å². The van der Waals surface area contributed by atoms with Gasteiger partial charge in [-0.2, -0.15) is 0 Å². The molecule has 0 aromatic carbocycles. The van der Waals surface area contributed by atoms with Gasteiger partial charge >= 0.3 is 0 Å². The molecule has 2 aromatic heterocycles. The number of carbonyl (C=O) groups excluding carboxylic acids is 1. The SMILES string of the molecule is Cc1[nH]cc(C(=O)c2cnccc2N[C@@H]2C[C@H](CO)[C@@H](C)[C@@H]2F)c1C. The van der Waals surface area contributed by atoms with Crippen LogP contribution in [0, 0.1) is 25.7 Å². The Morgan fingerprint density at radius 3 is 2.80 bits per heavy atom. The largest absolute Gasteiger partial charge is 0.396 e. The lowest BCUT2D eigenvalue weighted by Crippen LogP contribution is -2.28. The van der Waals surface area contributed by atoms with Crippen molar-refractivity contribution >= 4 is 11.5 Å². The number of anilines is 1. The number of halogens is 1. The van der Waals surface area contributed by atoms with E-state index in [0.717, 1.165) is 11.3 Å². The molecular weight excluding hydrogens is 321 g/mol. The first kappa shape index (κ1) is 17.6. The number of nitrogens with one attached hydrogen (secondary N) is 2. The molecule has 0 bridgehead atoms. The van der Waals surface area contributed by atoms with E-state index in [-0.39, 0.29) is 24.2 Å². The topological polar surface area (TPSA) is 78.0 Å². The minimum atomic E-state index is -1.07. The monoisotopic (exact) mass is 345 g/mol. The summed E-state index contributed by atoms with van der Waals surface area (Å²) in [7, 11) is 0. The number of alkyl halides is 1. The van der Waals surface area contributed by atoms with E-state index in [1.807, 2.05) is 20.8 Å². The summed E-state index contributed by atoms with van der Waals surface area (Å²) in [6, 6.07) is 1.28. The van der Waals surface area contributed by atoms with Gasteiger partial charge in [0.1, 0.15) is 6.17 Å². The number of H-pyrrole nitrogens is 1. The maximum absolute atomic E-state index is 14.5. The van der Waals surface area contributed by atoms with Crippen LogP contribution in [-0.2, 0) is 0 Å². The number of rotatable bonds is 5. The van der Waals surface area contributed by atoms with Crippen molar-refractivity contribution in [3.63, 3.8) is 0 Å². The molecule has 1 aliphatic rings. The van der Waals surface area contributed by atoms with E-state index in [4.69, 9.17) is 0 Å². The summed E-state index contributed by atoms with van der Waals surface area (Å²) in [5.41, 5.74) is 3.45. The Hall–Kier alpha value is -2.21. The van der Waals surface area contributed by atoms with Crippen LogP contribution in [0.2, 0.25) is 0 Å². The fourth-order valence-electron chi connectivity index (χ4n) is 3.56. The Balaban J connectivity index is 1.87. The summed E-state index contributed by atoms with van der Waals surface area (Å²) < 4.78 is 14.5. The van der Waals surface area contributed by atoms with Crippen LogP contribution < -0.4 is 5.32 Å². The molecule has 1 fully saturated rings. The van der Waals surface area contributed by atoms with Crippen LogP contribution in [0.5, 0.6) is 0 Å². The third-order valence-electron chi connectivity index (χ3n) is 5.47. The molecule has 4 atom stereocenters. The van der Waals surface area contributed by atoms with Crippen molar-refractivity contribution in [3.8, 4) is 0 Å². The fourth-order valence-corrected chi connectivity index (χ4v) is 3.56. The Kier molecular flexibility index (Phi) is 4.90. The van der Waals surface area contributed by atoms with E-state index in [9.17, 15) is 14.3 Å². The molecule has 0 saturated heterocycles. The first-order valence-electron chi connectivity index (χ1n) is 8.58. The number of aliphatic hydroxyl groups excluding tert-OH is 1. The smallest absolute Gasteiger partial charge is 0.198 e. The Labute approximate surface area is 146 Å². The standard InChI is InChI=1S/C19H24FN3O2/c1-10-12(3)22-8-14(10)19(25)15-7-21-5-4-16(15)23-17-6-13(9-24)11(2)18(17)20/h4-5,7-8,11,13,17-18,22,24H,6,9H2,1-3H3,(H,21,23)/t11-,13-,17-,18+/m1/s1. The van der Waals surface area contributed by atoms with Crippen LogP contribution in [0.3, 0.4) is 0 Å². The molecule has 2 heterocycles. The predicted octanol–water partition coefficient (Wildman–Crippen LogP) is 3.02. The molecule has 134 valence electrons. The number of carbonyl (C=O) groups is 1. The number of hydrogen-bond acceptors (Lipinski definition) is 4. The Morgan fingerprint density at radius 1 is 1.44 bits per heavy atom. The second kappa shape index (κ2) is 6.96. The van der Waals surface area contributed by atoms with Crippen molar-refractivity contribution in [2.24, 2.45) is 11.8 Å². The summed E-state index contributed by atoms with van der Waals surface area (Å²) in [5, 5.41) is 12.6. The average Bonchev–Trinajstić information content (AvgIpc) is 3.09. The van der Waals surface area contributed by atoms with Crippen molar-refractivity contribution in [2.45, 2.75) is 39.4 Å². The molecule has 1 aliphatic carbocycles. The quantitative estimate of drug-likeness (QED) is 0.728. The molecule has 0 amide bonds. The van der Waals surface area contributed by atoms with Crippen LogP contribution >= 0.6 is 0 Å². The summed E-state index contributed by atoms with van der Waals surface area (Å²) >= 11 is 0. The first-order valence-corrected chi connectivity index (χ1v) is 8.58. The molecule has 0 radical (unpaired) electrons. The molecule has 0 spiro atoms. The van der Waals surface area contributed by atoms with Gasteiger partial charge in [0.15, 0.2) is 5.78 Å². The van der Waals surface area contributed by atoms with Gasteiger partial charge in [0.25, 0.3) is 0 Å². The molecule has 5 nitrogen and oxygen atoms in total. The summed E-state index contributed by atoms with van der Waals surface area (Å²) in [5.74, 6) is -0.418. The predicted molar refractivity (Wildman–Crippen MR) is 94.6 cm³/mol. The lowest BCUT2D eigenvalue weighted by Gasteiger charge is -2.19. The highest BCUT2D eigenvalue weighted by Gasteiger charge is 2.41. The third-order valence-corrected chi connectivity index (χ3v) is 5.47. The van der Waals surface area contributed by atoms with Crippen LogP contribution in [0.1, 0.15) is 40.5 Å². The lowest BCUT2D eigenvalue weighted by molar-refractivity contribution is 0.103. The molecule has 3 rings (SSSR count). The summed E-state index contributed by atoms with van der Waals surface area (Å²) in [6.45, 7) is 5.60. The number of hydrogen-bond donors (Lipinski definition) is 3. The minimum Gasteiger partial charge on any atom is -0.396 e. The van der Waals surface area contributed by atoms with Gasteiger partial charge in [-0.3, -0.25) is 9.78 Å². The molecule has 0 unspecified atom stereocenters. The first-order chi connectivity index (χ1) is 11.9. The van der Waals surface area contributed by atoms with Gasteiger partial charge in [0, 0.05) is 42.1 Å². The van der Waals surface area contributed by atoms with Crippen LogP contribution in [0.15, 0.2) is 24.7 Å². The third kappa shape index (κ3) is 3.18. The van der Waals surface area contributed by atoms with Gasteiger partial charge in [-0.15, -0.1) is 0 Å². The summed E-state index contributed by atoms with van der Waals surface area (Å²) in [6.07, 6.45) is 4.27. The maximum Gasteiger partial charge on any atom is 0.198 e. The van der Waals surface area contributed by atoms with Crippen molar-refractivity contribution < 1.29 is 14.3 Å².